The number of aromatic nitrogens is 1. The average Bonchev–Trinajstić information content (AvgIpc) is 2.83. The van der Waals surface area contributed by atoms with Crippen LogP contribution in [0, 0.1) is 9.77 Å². The monoisotopic (exact) mass is 337 g/mol. The summed E-state index contributed by atoms with van der Waals surface area (Å²) in [6, 6.07) is 5.90. The standard InChI is InChI=1S/C15H16FN3OS2/c16-10-4-6-11(7-5-10)19-13(17)12(22-15(19)21)14(20)18-8-2-1-3-9-18/h4-7H,1-3,8-9,17H2. The highest BCUT2D eigenvalue weighted by Crippen LogP contribution is 2.28. The smallest absolute Gasteiger partial charge is 0.267 e. The van der Waals surface area contributed by atoms with E-state index in [1.165, 1.54) is 23.5 Å². The summed E-state index contributed by atoms with van der Waals surface area (Å²) in [6.45, 7) is 1.53. The minimum atomic E-state index is -0.325. The fourth-order valence-electron chi connectivity index (χ4n) is 2.61. The van der Waals surface area contributed by atoms with Crippen molar-refractivity contribution in [3.8, 4) is 5.69 Å². The first kappa shape index (κ1) is 15.2. The predicted octanol–water partition coefficient (Wildman–Crippen LogP) is 3.62. The Balaban J connectivity index is 1.97. The fourth-order valence-corrected chi connectivity index (χ4v) is 3.95. The highest BCUT2D eigenvalue weighted by molar-refractivity contribution is 7.73. The molecule has 22 heavy (non-hydrogen) atoms. The van der Waals surface area contributed by atoms with Gasteiger partial charge in [0.25, 0.3) is 5.91 Å². The molecule has 4 nitrogen and oxygen atoms in total. The average molecular weight is 337 g/mol. The van der Waals surface area contributed by atoms with Gasteiger partial charge in [0.05, 0.1) is 0 Å². The number of nitrogen functional groups attached to an aromatic ring is 1. The second kappa shape index (κ2) is 6.18. The number of halogens is 1. The highest BCUT2D eigenvalue weighted by atomic mass is 32.1. The normalized spacial score (nSPS) is 15.0. The van der Waals surface area contributed by atoms with Crippen LogP contribution in [-0.2, 0) is 0 Å². The molecule has 2 aromatic rings. The van der Waals surface area contributed by atoms with Gasteiger partial charge in [-0.05, 0) is 55.7 Å². The molecule has 2 heterocycles. The van der Waals surface area contributed by atoms with Gasteiger partial charge in [-0.3, -0.25) is 9.36 Å². The maximum Gasteiger partial charge on any atom is 0.267 e. The number of anilines is 1. The number of carbonyl (C=O) groups is 1. The van der Waals surface area contributed by atoms with E-state index in [4.69, 9.17) is 18.0 Å². The van der Waals surface area contributed by atoms with Crippen LogP contribution in [0.1, 0.15) is 28.9 Å². The Hall–Kier alpha value is -1.73. The van der Waals surface area contributed by atoms with Gasteiger partial charge in [-0.15, -0.1) is 0 Å². The molecule has 1 amide bonds. The largest absolute Gasteiger partial charge is 0.383 e. The maximum atomic E-state index is 13.1. The zero-order chi connectivity index (χ0) is 15.7. The Bertz CT molecular complexity index is 745. The molecule has 0 radical (unpaired) electrons. The summed E-state index contributed by atoms with van der Waals surface area (Å²) in [5, 5.41) is 0. The van der Waals surface area contributed by atoms with Crippen LogP contribution in [0.25, 0.3) is 5.69 Å². The Kier molecular flexibility index (Phi) is 4.26. The van der Waals surface area contributed by atoms with Gasteiger partial charge < -0.3 is 10.6 Å². The minimum Gasteiger partial charge on any atom is -0.383 e. The van der Waals surface area contributed by atoms with E-state index in [0.717, 1.165) is 32.4 Å². The molecular formula is C15H16FN3OS2. The van der Waals surface area contributed by atoms with Crippen molar-refractivity contribution in [2.75, 3.05) is 18.8 Å². The summed E-state index contributed by atoms with van der Waals surface area (Å²) in [5.74, 6) is -0.0555. The van der Waals surface area contributed by atoms with Crippen LogP contribution < -0.4 is 5.73 Å². The van der Waals surface area contributed by atoms with Crippen molar-refractivity contribution in [2.45, 2.75) is 19.3 Å². The molecule has 1 aromatic heterocycles. The van der Waals surface area contributed by atoms with Gasteiger partial charge in [0, 0.05) is 18.8 Å². The molecule has 0 atom stereocenters. The third kappa shape index (κ3) is 2.78. The number of nitrogens with two attached hydrogens (primary N) is 1. The van der Waals surface area contributed by atoms with Crippen molar-refractivity contribution < 1.29 is 9.18 Å². The first-order valence-corrected chi connectivity index (χ1v) is 8.37. The molecule has 1 aliphatic heterocycles. The third-order valence-corrected chi connectivity index (χ3v) is 5.15. The Morgan fingerprint density at radius 2 is 1.82 bits per heavy atom. The predicted molar refractivity (Wildman–Crippen MR) is 88.6 cm³/mol. The van der Waals surface area contributed by atoms with Crippen LogP contribution in [-0.4, -0.2) is 28.5 Å². The van der Waals surface area contributed by atoms with E-state index in [-0.39, 0.29) is 11.7 Å². The maximum absolute atomic E-state index is 13.1. The first-order chi connectivity index (χ1) is 10.6. The quantitative estimate of drug-likeness (QED) is 0.852. The lowest BCUT2D eigenvalue weighted by Gasteiger charge is -2.26. The Morgan fingerprint density at radius 3 is 2.45 bits per heavy atom. The van der Waals surface area contributed by atoms with Crippen LogP contribution in [0.2, 0.25) is 0 Å². The lowest BCUT2D eigenvalue weighted by atomic mass is 10.1. The molecule has 116 valence electrons. The zero-order valence-corrected chi connectivity index (χ0v) is 13.6. The van der Waals surface area contributed by atoms with Crippen molar-refractivity contribution in [2.24, 2.45) is 0 Å². The van der Waals surface area contributed by atoms with Crippen molar-refractivity contribution in [1.29, 1.82) is 0 Å². The number of piperidine rings is 1. The van der Waals surface area contributed by atoms with Crippen molar-refractivity contribution in [3.05, 3.63) is 38.9 Å². The highest BCUT2D eigenvalue weighted by Gasteiger charge is 2.24. The first-order valence-electron chi connectivity index (χ1n) is 7.14. The summed E-state index contributed by atoms with van der Waals surface area (Å²) < 4.78 is 15.2. The molecule has 0 aliphatic carbocycles. The van der Waals surface area contributed by atoms with Crippen LogP contribution in [0.15, 0.2) is 24.3 Å². The number of carbonyl (C=O) groups excluding carboxylic acids is 1. The summed E-state index contributed by atoms with van der Waals surface area (Å²) >= 11 is 6.54. The lowest BCUT2D eigenvalue weighted by molar-refractivity contribution is 0.0730. The number of likely N-dealkylation sites (tertiary alicyclic amines) is 1. The summed E-state index contributed by atoms with van der Waals surface area (Å²) in [7, 11) is 0. The van der Waals surface area contributed by atoms with Crippen LogP contribution in [0.4, 0.5) is 10.2 Å². The number of amides is 1. The number of benzene rings is 1. The number of thiazole rings is 1. The number of hydrogen-bond acceptors (Lipinski definition) is 4. The van der Waals surface area contributed by atoms with Crippen LogP contribution in [0.5, 0.6) is 0 Å². The van der Waals surface area contributed by atoms with E-state index in [1.54, 1.807) is 16.7 Å². The van der Waals surface area contributed by atoms with Gasteiger partial charge in [0.15, 0.2) is 3.95 Å². The molecule has 1 aliphatic rings. The van der Waals surface area contributed by atoms with E-state index in [0.29, 0.717) is 20.3 Å². The van der Waals surface area contributed by atoms with Gasteiger partial charge >= 0.3 is 0 Å². The van der Waals surface area contributed by atoms with Gasteiger partial charge in [0.2, 0.25) is 0 Å². The number of hydrogen-bond donors (Lipinski definition) is 1. The minimum absolute atomic E-state index is 0.0610. The topological polar surface area (TPSA) is 51.3 Å². The zero-order valence-electron chi connectivity index (χ0n) is 11.9. The van der Waals surface area contributed by atoms with E-state index in [1.807, 2.05) is 4.90 Å². The molecule has 3 rings (SSSR count). The van der Waals surface area contributed by atoms with Gasteiger partial charge in [0.1, 0.15) is 16.5 Å². The fraction of sp³-hybridized carbons (Fsp3) is 0.333. The molecule has 0 saturated carbocycles. The summed E-state index contributed by atoms with van der Waals surface area (Å²) in [5.41, 5.74) is 6.81. The molecule has 1 fully saturated rings. The summed E-state index contributed by atoms with van der Waals surface area (Å²) in [4.78, 5) is 14.9. The van der Waals surface area contributed by atoms with E-state index >= 15 is 0 Å². The van der Waals surface area contributed by atoms with Gasteiger partial charge in [-0.2, -0.15) is 0 Å². The molecular weight excluding hydrogens is 321 g/mol. The lowest BCUT2D eigenvalue weighted by Crippen LogP contribution is -2.35. The third-order valence-electron chi connectivity index (χ3n) is 3.77. The van der Waals surface area contributed by atoms with E-state index in [9.17, 15) is 9.18 Å². The molecule has 0 bridgehead atoms. The molecule has 2 N–H and O–H groups in total. The molecule has 0 spiro atoms. The summed E-state index contributed by atoms with van der Waals surface area (Å²) in [6.07, 6.45) is 3.21. The van der Waals surface area contributed by atoms with Crippen LogP contribution in [0.3, 0.4) is 0 Å². The SMILES string of the molecule is Nc1c(C(=O)N2CCCCC2)sc(=S)n1-c1ccc(F)cc1. The number of nitrogens with zero attached hydrogens (tertiary/aromatic N) is 2. The van der Waals surface area contributed by atoms with E-state index < -0.39 is 0 Å². The molecule has 1 aromatic carbocycles. The van der Waals surface area contributed by atoms with Crippen molar-refractivity contribution in [1.82, 2.24) is 9.47 Å². The second-order valence-corrected chi connectivity index (χ2v) is 6.89. The van der Waals surface area contributed by atoms with Crippen molar-refractivity contribution in [3.63, 3.8) is 0 Å². The number of rotatable bonds is 2. The molecule has 7 heteroatoms. The molecule has 1 saturated heterocycles. The van der Waals surface area contributed by atoms with Crippen LogP contribution >= 0.6 is 23.6 Å². The molecule has 0 unspecified atom stereocenters. The Morgan fingerprint density at radius 1 is 1.18 bits per heavy atom. The Labute approximate surface area is 137 Å². The van der Waals surface area contributed by atoms with Gasteiger partial charge in [-0.25, -0.2) is 4.39 Å². The van der Waals surface area contributed by atoms with E-state index in [2.05, 4.69) is 0 Å². The van der Waals surface area contributed by atoms with Gasteiger partial charge in [-0.1, -0.05) is 11.3 Å². The second-order valence-electron chi connectivity index (χ2n) is 5.25. The van der Waals surface area contributed by atoms with Crippen molar-refractivity contribution >= 4 is 35.3 Å².